The number of nitrogens with zero attached hydrogens (tertiary/aromatic N) is 4. The number of halogens is 1. The summed E-state index contributed by atoms with van der Waals surface area (Å²) in [6.45, 7) is 2.53. The van der Waals surface area contributed by atoms with Crippen LogP contribution in [0.2, 0.25) is 5.28 Å². The number of unbranched alkanes of at least 4 members (excludes halogenated alkanes) is 2. The molecular formula is C15H22ClN5O5. The molecule has 0 spiro atoms. The van der Waals surface area contributed by atoms with Crippen molar-refractivity contribution in [3.05, 3.63) is 11.6 Å². The van der Waals surface area contributed by atoms with E-state index >= 15 is 0 Å². The van der Waals surface area contributed by atoms with Crippen molar-refractivity contribution in [1.82, 2.24) is 19.5 Å². The molecule has 10 nitrogen and oxygen atoms in total. The standard InChI is InChI=1S/C15H22ClN5O5/c1-2-3-4-5-24-25-6-8-10(22)11(23)14(26-8)21-7-18-9-12(17)19-15(16)20-13(9)21/h7-8,10-11,14,22-23H,2-6H2,1H3,(H2,17,19,20)/t8-,10-,11-,14-/m1/s1. The molecule has 1 aliphatic heterocycles. The minimum atomic E-state index is -1.21. The molecule has 1 saturated heterocycles. The molecule has 1 fully saturated rings. The van der Waals surface area contributed by atoms with Gasteiger partial charge in [0.25, 0.3) is 0 Å². The molecule has 0 unspecified atom stereocenters. The number of aliphatic hydroxyl groups excluding tert-OH is 2. The highest BCUT2D eigenvalue weighted by molar-refractivity contribution is 6.28. The van der Waals surface area contributed by atoms with Gasteiger partial charge in [-0.2, -0.15) is 9.97 Å². The van der Waals surface area contributed by atoms with E-state index in [1.54, 1.807) is 0 Å². The average molecular weight is 388 g/mol. The normalized spacial score (nSPS) is 26.0. The van der Waals surface area contributed by atoms with Gasteiger partial charge in [-0.3, -0.25) is 4.57 Å². The minimum Gasteiger partial charge on any atom is -0.387 e. The van der Waals surface area contributed by atoms with E-state index in [0.717, 1.165) is 19.3 Å². The molecule has 1 aliphatic rings. The Hall–Kier alpha value is -1.56. The SMILES string of the molecule is CCCCCOOC[C@H]1O[C@@H](n2cnc3c(N)nc(Cl)nc32)[C@H](O)[C@@H]1O. The molecule has 4 atom stereocenters. The fraction of sp³-hybridized carbons (Fsp3) is 0.667. The smallest absolute Gasteiger partial charge is 0.226 e. The lowest BCUT2D eigenvalue weighted by Crippen LogP contribution is -2.33. The highest BCUT2D eigenvalue weighted by atomic mass is 35.5. The van der Waals surface area contributed by atoms with E-state index in [1.165, 1.54) is 10.9 Å². The zero-order valence-electron chi connectivity index (χ0n) is 14.3. The second-order valence-electron chi connectivity index (χ2n) is 6.06. The number of nitrogens with two attached hydrogens (primary N) is 1. The van der Waals surface area contributed by atoms with Gasteiger partial charge >= 0.3 is 0 Å². The maximum absolute atomic E-state index is 10.3. The van der Waals surface area contributed by atoms with E-state index in [4.69, 9.17) is 31.8 Å². The number of hydrogen-bond donors (Lipinski definition) is 3. The van der Waals surface area contributed by atoms with Gasteiger partial charge in [-0.1, -0.05) is 19.8 Å². The summed E-state index contributed by atoms with van der Waals surface area (Å²) in [4.78, 5) is 22.2. The second-order valence-corrected chi connectivity index (χ2v) is 6.40. The van der Waals surface area contributed by atoms with Crippen molar-refractivity contribution in [3.8, 4) is 0 Å². The second kappa shape index (κ2) is 8.42. The first kappa shape index (κ1) is 19.2. The third-order valence-corrected chi connectivity index (χ3v) is 4.35. The molecule has 0 aliphatic carbocycles. The van der Waals surface area contributed by atoms with Crippen LogP contribution in [0.5, 0.6) is 0 Å². The lowest BCUT2D eigenvalue weighted by molar-refractivity contribution is -0.310. The molecule has 2 aromatic rings. The summed E-state index contributed by atoms with van der Waals surface area (Å²) in [7, 11) is 0. The summed E-state index contributed by atoms with van der Waals surface area (Å²) in [5.41, 5.74) is 6.41. The first-order chi connectivity index (χ1) is 12.5. The number of hydrogen-bond acceptors (Lipinski definition) is 9. The van der Waals surface area contributed by atoms with E-state index in [2.05, 4.69) is 21.9 Å². The Morgan fingerprint density at radius 1 is 1.27 bits per heavy atom. The monoisotopic (exact) mass is 387 g/mol. The first-order valence-corrected chi connectivity index (χ1v) is 8.82. The van der Waals surface area contributed by atoms with Gasteiger partial charge in [0.1, 0.15) is 30.4 Å². The van der Waals surface area contributed by atoms with Crippen molar-refractivity contribution in [2.75, 3.05) is 18.9 Å². The Bertz CT molecular complexity index is 745. The molecule has 3 rings (SSSR count). The first-order valence-electron chi connectivity index (χ1n) is 8.44. The molecule has 4 N–H and O–H groups in total. The van der Waals surface area contributed by atoms with Crippen LogP contribution in [0.25, 0.3) is 11.2 Å². The van der Waals surface area contributed by atoms with Crippen molar-refractivity contribution in [1.29, 1.82) is 0 Å². The third-order valence-electron chi connectivity index (χ3n) is 4.18. The zero-order chi connectivity index (χ0) is 18.7. The van der Waals surface area contributed by atoms with Gasteiger partial charge in [0.2, 0.25) is 5.28 Å². The summed E-state index contributed by atoms with van der Waals surface area (Å²) in [6, 6.07) is 0. The number of aromatic nitrogens is 4. The summed E-state index contributed by atoms with van der Waals surface area (Å²) < 4.78 is 7.17. The molecule has 0 bridgehead atoms. The van der Waals surface area contributed by atoms with Crippen molar-refractivity contribution in [2.24, 2.45) is 0 Å². The van der Waals surface area contributed by atoms with Gasteiger partial charge in [-0.25, -0.2) is 14.8 Å². The summed E-state index contributed by atoms with van der Waals surface area (Å²) in [6.07, 6.45) is 0.354. The number of imidazole rings is 1. The van der Waals surface area contributed by atoms with Crippen LogP contribution < -0.4 is 5.73 Å². The molecule has 11 heteroatoms. The molecule has 2 aromatic heterocycles. The van der Waals surface area contributed by atoms with Gasteiger partial charge in [0.05, 0.1) is 12.9 Å². The van der Waals surface area contributed by atoms with Gasteiger partial charge in [-0.15, -0.1) is 0 Å². The fourth-order valence-corrected chi connectivity index (χ4v) is 2.95. The van der Waals surface area contributed by atoms with E-state index in [-0.39, 0.29) is 17.7 Å². The molecule has 0 saturated carbocycles. The maximum Gasteiger partial charge on any atom is 0.226 e. The van der Waals surface area contributed by atoms with Crippen LogP contribution in [-0.2, 0) is 14.5 Å². The molecular weight excluding hydrogens is 366 g/mol. The molecule has 144 valence electrons. The van der Waals surface area contributed by atoms with Gasteiger partial charge in [0, 0.05) is 0 Å². The number of nitrogen functional groups attached to an aromatic ring is 1. The largest absolute Gasteiger partial charge is 0.387 e. The summed E-state index contributed by atoms with van der Waals surface area (Å²) in [5, 5.41) is 20.5. The number of anilines is 1. The quantitative estimate of drug-likeness (QED) is 0.260. The van der Waals surface area contributed by atoms with Crippen molar-refractivity contribution in [2.45, 2.75) is 50.7 Å². The molecule has 0 aromatic carbocycles. The highest BCUT2D eigenvalue weighted by Crippen LogP contribution is 2.32. The van der Waals surface area contributed by atoms with Crippen molar-refractivity contribution < 1.29 is 24.7 Å². The van der Waals surface area contributed by atoms with Crippen LogP contribution in [0.1, 0.15) is 32.4 Å². The molecule has 3 heterocycles. The summed E-state index contributed by atoms with van der Waals surface area (Å²) in [5.74, 6) is 0.118. The van der Waals surface area contributed by atoms with Crippen LogP contribution in [0.15, 0.2) is 6.33 Å². The van der Waals surface area contributed by atoms with Crippen molar-refractivity contribution >= 4 is 28.6 Å². The molecule has 0 amide bonds. The van der Waals surface area contributed by atoms with E-state index < -0.39 is 24.5 Å². The van der Waals surface area contributed by atoms with E-state index in [9.17, 15) is 10.2 Å². The minimum absolute atomic E-state index is 0.0225. The Morgan fingerprint density at radius 2 is 2.08 bits per heavy atom. The highest BCUT2D eigenvalue weighted by Gasteiger charge is 2.44. The zero-order valence-corrected chi connectivity index (χ0v) is 15.0. The average Bonchev–Trinajstić information content (AvgIpc) is 3.14. The van der Waals surface area contributed by atoms with Crippen LogP contribution in [0.3, 0.4) is 0 Å². The number of aliphatic hydroxyl groups is 2. The topological polar surface area (TPSA) is 138 Å². The lowest BCUT2D eigenvalue weighted by atomic mass is 10.1. The molecule has 26 heavy (non-hydrogen) atoms. The van der Waals surface area contributed by atoms with Gasteiger partial charge in [0.15, 0.2) is 17.7 Å². The van der Waals surface area contributed by atoms with E-state index in [1.807, 2.05) is 0 Å². The van der Waals surface area contributed by atoms with E-state index in [0.29, 0.717) is 17.8 Å². The van der Waals surface area contributed by atoms with Crippen molar-refractivity contribution in [3.63, 3.8) is 0 Å². The van der Waals surface area contributed by atoms with Crippen LogP contribution in [0, 0.1) is 0 Å². The predicted molar refractivity (Wildman–Crippen MR) is 92.1 cm³/mol. The Kier molecular flexibility index (Phi) is 6.22. The number of rotatable bonds is 8. The lowest BCUT2D eigenvalue weighted by Gasteiger charge is -2.16. The van der Waals surface area contributed by atoms with Crippen LogP contribution in [0.4, 0.5) is 5.82 Å². The summed E-state index contributed by atoms with van der Waals surface area (Å²) >= 11 is 5.84. The Labute approximate surface area is 154 Å². The Balaban J connectivity index is 1.66. The predicted octanol–water partition coefficient (Wildman–Crippen LogP) is 0.820. The number of fused-ring (bicyclic) bond motifs is 1. The van der Waals surface area contributed by atoms with Crippen LogP contribution >= 0.6 is 11.6 Å². The fourth-order valence-electron chi connectivity index (χ4n) is 2.78. The Morgan fingerprint density at radius 3 is 2.85 bits per heavy atom. The maximum atomic E-state index is 10.3. The third kappa shape index (κ3) is 3.90. The van der Waals surface area contributed by atoms with Crippen LogP contribution in [-0.4, -0.2) is 61.3 Å². The molecule has 0 radical (unpaired) electrons. The number of ether oxygens (including phenoxy) is 1. The van der Waals surface area contributed by atoms with Gasteiger partial charge in [-0.05, 0) is 18.0 Å². The van der Waals surface area contributed by atoms with Gasteiger partial charge < -0.3 is 20.7 Å².